The van der Waals surface area contributed by atoms with E-state index in [-0.39, 0.29) is 43.1 Å². The molecule has 1 saturated heterocycles. The molecule has 5 rings (SSSR count). The van der Waals surface area contributed by atoms with E-state index in [9.17, 15) is 18.8 Å². The number of hydrogen-bond acceptors (Lipinski definition) is 3. The lowest BCUT2D eigenvalue weighted by Gasteiger charge is -2.25. The Morgan fingerprint density at radius 1 is 1.03 bits per heavy atom. The average Bonchev–Trinajstić information content (AvgIpc) is 3.48. The molecule has 2 aliphatic rings. The van der Waals surface area contributed by atoms with E-state index in [4.69, 9.17) is 0 Å². The average molecular weight is 448 g/mol. The molecule has 1 aliphatic heterocycles. The summed E-state index contributed by atoms with van der Waals surface area (Å²) in [5, 5.41) is 3.81. The molecule has 7 heteroatoms. The number of nitrogens with one attached hydrogen (secondary N) is 1. The van der Waals surface area contributed by atoms with Crippen molar-refractivity contribution in [3.63, 3.8) is 0 Å². The molecular weight excluding hydrogens is 421 g/mol. The maximum atomic E-state index is 14.3. The SMILES string of the molecule is CC(=O)c1cn(CC(=O)N2C[C@H](F)CC2C(=O)NC2Cc3ccccc3C2)c2ccccc12. The Kier molecular flexibility index (Phi) is 5.48. The van der Waals surface area contributed by atoms with Gasteiger partial charge in [0.05, 0.1) is 6.54 Å². The molecule has 2 heterocycles. The van der Waals surface area contributed by atoms with Crippen LogP contribution in [0.25, 0.3) is 10.9 Å². The van der Waals surface area contributed by atoms with Crippen LogP contribution in [0.1, 0.15) is 34.8 Å². The molecule has 0 saturated carbocycles. The van der Waals surface area contributed by atoms with Crippen molar-refractivity contribution >= 4 is 28.5 Å². The van der Waals surface area contributed by atoms with Crippen molar-refractivity contribution in [1.82, 2.24) is 14.8 Å². The van der Waals surface area contributed by atoms with Gasteiger partial charge in [0.1, 0.15) is 18.8 Å². The van der Waals surface area contributed by atoms with Gasteiger partial charge in [-0.15, -0.1) is 0 Å². The quantitative estimate of drug-likeness (QED) is 0.611. The number of nitrogens with zero attached hydrogens (tertiary/aromatic N) is 2. The maximum absolute atomic E-state index is 14.3. The fourth-order valence-corrected chi connectivity index (χ4v) is 5.16. The van der Waals surface area contributed by atoms with Gasteiger partial charge in [-0.05, 0) is 37.0 Å². The molecule has 2 atom stereocenters. The molecule has 1 fully saturated rings. The van der Waals surface area contributed by atoms with Gasteiger partial charge in [0.25, 0.3) is 0 Å². The number of aromatic nitrogens is 1. The van der Waals surface area contributed by atoms with Crippen molar-refractivity contribution in [3.05, 3.63) is 71.4 Å². The predicted molar refractivity (Wildman–Crippen MR) is 123 cm³/mol. The van der Waals surface area contributed by atoms with Gasteiger partial charge in [0, 0.05) is 35.1 Å². The van der Waals surface area contributed by atoms with E-state index in [1.54, 1.807) is 10.8 Å². The van der Waals surface area contributed by atoms with Gasteiger partial charge < -0.3 is 14.8 Å². The third-order valence-electron chi connectivity index (χ3n) is 6.74. The molecule has 0 spiro atoms. The third-order valence-corrected chi connectivity index (χ3v) is 6.74. The van der Waals surface area contributed by atoms with Gasteiger partial charge in [0.2, 0.25) is 11.8 Å². The summed E-state index contributed by atoms with van der Waals surface area (Å²) < 4.78 is 16.1. The molecule has 6 nitrogen and oxygen atoms in total. The van der Waals surface area contributed by atoms with E-state index in [1.165, 1.54) is 23.0 Å². The zero-order valence-corrected chi connectivity index (χ0v) is 18.5. The summed E-state index contributed by atoms with van der Waals surface area (Å²) in [4.78, 5) is 39.6. The van der Waals surface area contributed by atoms with Crippen molar-refractivity contribution < 1.29 is 18.8 Å². The topological polar surface area (TPSA) is 71.4 Å². The highest BCUT2D eigenvalue weighted by Crippen LogP contribution is 2.26. The summed E-state index contributed by atoms with van der Waals surface area (Å²) >= 11 is 0. The van der Waals surface area contributed by atoms with Crippen LogP contribution in [-0.2, 0) is 29.0 Å². The summed E-state index contributed by atoms with van der Waals surface area (Å²) in [6.45, 7) is 1.34. The first-order valence-corrected chi connectivity index (χ1v) is 11.3. The minimum absolute atomic E-state index is 0.00235. The van der Waals surface area contributed by atoms with Crippen LogP contribution in [0.2, 0.25) is 0 Å². The van der Waals surface area contributed by atoms with Crippen LogP contribution in [0.15, 0.2) is 54.7 Å². The Morgan fingerprint density at radius 2 is 1.70 bits per heavy atom. The molecule has 170 valence electrons. The minimum atomic E-state index is -1.24. The molecule has 1 aromatic heterocycles. The van der Waals surface area contributed by atoms with Crippen molar-refractivity contribution in [1.29, 1.82) is 0 Å². The van der Waals surface area contributed by atoms with Crippen LogP contribution < -0.4 is 5.32 Å². The molecule has 1 unspecified atom stereocenters. The Bertz CT molecular complexity index is 1230. The maximum Gasteiger partial charge on any atom is 0.243 e. The van der Waals surface area contributed by atoms with Crippen LogP contribution >= 0.6 is 0 Å². The zero-order valence-electron chi connectivity index (χ0n) is 18.5. The number of para-hydroxylation sites is 1. The molecule has 3 aromatic rings. The smallest absolute Gasteiger partial charge is 0.243 e. The van der Waals surface area contributed by atoms with E-state index >= 15 is 0 Å². The van der Waals surface area contributed by atoms with E-state index in [0.717, 1.165) is 23.7 Å². The van der Waals surface area contributed by atoms with Gasteiger partial charge in [-0.1, -0.05) is 42.5 Å². The number of halogens is 1. The summed E-state index contributed by atoms with van der Waals surface area (Å²) in [6, 6.07) is 14.6. The number of amides is 2. The highest BCUT2D eigenvalue weighted by atomic mass is 19.1. The van der Waals surface area contributed by atoms with Crippen LogP contribution in [0.4, 0.5) is 4.39 Å². The minimum Gasteiger partial charge on any atom is -0.351 e. The number of carbonyl (C=O) groups excluding carboxylic acids is 3. The van der Waals surface area contributed by atoms with Gasteiger partial charge >= 0.3 is 0 Å². The van der Waals surface area contributed by atoms with Crippen molar-refractivity contribution in [3.8, 4) is 0 Å². The lowest BCUT2D eigenvalue weighted by atomic mass is 10.1. The number of likely N-dealkylation sites (tertiary alicyclic amines) is 1. The lowest BCUT2D eigenvalue weighted by Crippen LogP contribution is -2.49. The first kappa shape index (κ1) is 21.4. The molecule has 0 bridgehead atoms. The third kappa shape index (κ3) is 4.03. The fourth-order valence-electron chi connectivity index (χ4n) is 5.16. The number of carbonyl (C=O) groups is 3. The number of hydrogen-bond donors (Lipinski definition) is 1. The number of benzene rings is 2. The molecule has 2 amide bonds. The van der Waals surface area contributed by atoms with Crippen LogP contribution in [0.5, 0.6) is 0 Å². The van der Waals surface area contributed by atoms with E-state index < -0.39 is 12.2 Å². The normalized spacial score (nSPS) is 20.2. The first-order chi connectivity index (χ1) is 15.9. The molecule has 2 aromatic carbocycles. The summed E-state index contributed by atoms with van der Waals surface area (Å²) in [5.41, 5.74) is 3.73. The zero-order chi connectivity index (χ0) is 23.1. The van der Waals surface area contributed by atoms with Crippen molar-refractivity contribution in [2.75, 3.05) is 6.54 Å². The van der Waals surface area contributed by atoms with Crippen molar-refractivity contribution in [2.24, 2.45) is 0 Å². The summed E-state index contributed by atoms with van der Waals surface area (Å²) in [5.74, 6) is -0.721. The number of Topliss-reactive ketones (excluding diaryl/α,β-unsaturated/α-hetero) is 1. The van der Waals surface area contributed by atoms with Crippen LogP contribution in [0, 0.1) is 0 Å². The van der Waals surface area contributed by atoms with Crippen LogP contribution in [0.3, 0.4) is 0 Å². The van der Waals surface area contributed by atoms with Gasteiger partial charge in [-0.2, -0.15) is 0 Å². The van der Waals surface area contributed by atoms with E-state index in [1.807, 2.05) is 36.4 Å². The number of ketones is 1. The second kappa shape index (κ2) is 8.46. The highest BCUT2D eigenvalue weighted by Gasteiger charge is 2.40. The standard InChI is InChI=1S/C26H26FN3O3/c1-16(31)22-14-29(23-9-5-4-8-21(22)23)15-25(32)30-13-19(27)12-24(30)26(33)28-20-10-17-6-2-3-7-18(17)11-20/h2-9,14,19-20,24H,10-13,15H2,1H3,(H,28,33)/t19-,24?/m1/s1. The van der Waals surface area contributed by atoms with Gasteiger partial charge in [0.15, 0.2) is 5.78 Å². The summed E-state index contributed by atoms with van der Waals surface area (Å²) in [7, 11) is 0. The van der Waals surface area contributed by atoms with Crippen molar-refractivity contribution in [2.45, 2.75) is 51.0 Å². The Labute approximate surface area is 191 Å². The largest absolute Gasteiger partial charge is 0.351 e. The Balaban J connectivity index is 1.31. The Hall–Kier alpha value is -3.48. The molecule has 1 aliphatic carbocycles. The number of fused-ring (bicyclic) bond motifs is 2. The second-order valence-electron chi connectivity index (χ2n) is 9.02. The molecular formula is C26H26FN3O3. The lowest BCUT2D eigenvalue weighted by molar-refractivity contribution is -0.139. The predicted octanol–water partition coefficient (Wildman–Crippen LogP) is 3.07. The fraction of sp³-hybridized carbons (Fsp3) is 0.346. The highest BCUT2D eigenvalue weighted by molar-refractivity contribution is 6.07. The first-order valence-electron chi connectivity index (χ1n) is 11.3. The van der Waals surface area contributed by atoms with E-state index in [2.05, 4.69) is 17.4 Å². The molecule has 33 heavy (non-hydrogen) atoms. The second-order valence-corrected chi connectivity index (χ2v) is 9.02. The number of rotatable bonds is 5. The number of alkyl halides is 1. The van der Waals surface area contributed by atoms with Crippen LogP contribution in [-0.4, -0.2) is 51.9 Å². The summed E-state index contributed by atoms with van der Waals surface area (Å²) in [6.07, 6.45) is 1.91. The van der Waals surface area contributed by atoms with E-state index in [0.29, 0.717) is 5.56 Å². The monoisotopic (exact) mass is 447 g/mol. The van der Waals surface area contributed by atoms with Gasteiger partial charge in [-0.25, -0.2) is 4.39 Å². The molecule has 0 radical (unpaired) electrons. The molecule has 1 N–H and O–H groups in total. The van der Waals surface area contributed by atoms with Gasteiger partial charge in [-0.3, -0.25) is 14.4 Å². The Morgan fingerprint density at radius 3 is 2.39 bits per heavy atom.